The smallest absolute Gasteiger partial charge is 0.287 e. The second kappa shape index (κ2) is 5.17. The first-order valence-electron chi connectivity index (χ1n) is 6.41. The lowest BCUT2D eigenvalue weighted by atomic mass is 10.1. The van der Waals surface area contributed by atoms with Gasteiger partial charge in [-0.1, -0.05) is 29.8 Å². The Morgan fingerprint density at radius 1 is 1.25 bits per heavy atom. The van der Waals surface area contributed by atoms with Crippen molar-refractivity contribution in [2.45, 2.75) is 13.5 Å². The number of nitrogens with zero attached hydrogens (tertiary/aromatic N) is 1. The monoisotopic (exact) mass is 266 g/mol. The summed E-state index contributed by atoms with van der Waals surface area (Å²) in [5.41, 5.74) is 3.56. The average Bonchev–Trinajstić information content (AvgIpc) is 2.90. The van der Waals surface area contributed by atoms with Gasteiger partial charge >= 0.3 is 0 Å². The predicted octanol–water partition coefficient (Wildman–Crippen LogP) is 3.07. The Balaban J connectivity index is 1.71. The molecule has 4 heteroatoms. The van der Waals surface area contributed by atoms with Crippen LogP contribution in [0, 0.1) is 6.92 Å². The number of aryl methyl sites for hydroxylation is 1. The maximum Gasteiger partial charge on any atom is 0.287 e. The minimum atomic E-state index is -0.233. The minimum absolute atomic E-state index is 0.233. The minimum Gasteiger partial charge on any atom is -0.449 e. The van der Waals surface area contributed by atoms with Gasteiger partial charge in [0.25, 0.3) is 5.91 Å². The quantitative estimate of drug-likeness (QED) is 0.792. The molecule has 2 heterocycles. The van der Waals surface area contributed by atoms with Gasteiger partial charge in [-0.15, -0.1) is 0 Å². The highest BCUT2D eigenvalue weighted by Gasteiger charge is 2.12. The maximum atomic E-state index is 12.0. The Hall–Kier alpha value is -2.62. The number of aromatic nitrogens is 1. The molecule has 2 aromatic heterocycles. The molecule has 4 nitrogen and oxygen atoms in total. The molecule has 0 saturated heterocycles. The van der Waals surface area contributed by atoms with Gasteiger partial charge in [0.1, 0.15) is 5.52 Å². The molecule has 0 unspecified atom stereocenters. The number of carbonyl (C=O) groups is 1. The van der Waals surface area contributed by atoms with Crippen LogP contribution in [0.5, 0.6) is 0 Å². The van der Waals surface area contributed by atoms with Crippen LogP contribution in [0.2, 0.25) is 0 Å². The number of carbonyl (C=O) groups excluding carboxylic acids is 1. The Bertz CT molecular complexity index is 712. The van der Waals surface area contributed by atoms with Gasteiger partial charge in [-0.05, 0) is 24.6 Å². The van der Waals surface area contributed by atoms with Gasteiger partial charge in [0, 0.05) is 18.8 Å². The summed E-state index contributed by atoms with van der Waals surface area (Å²) in [5, 5.41) is 2.84. The van der Waals surface area contributed by atoms with E-state index in [1.165, 1.54) is 5.56 Å². The van der Waals surface area contributed by atoms with Crippen molar-refractivity contribution in [2.75, 3.05) is 0 Å². The lowest BCUT2D eigenvalue weighted by molar-refractivity contribution is 0.0925. The zero-order valence-electron chi connectivity index (χ0n) is 11.1. The van der Waals surface area contributed by atoms with E-state index in [9.17, 15) is 4.79 Å². The first kappa shape index (κ1) is 12.4. The number of pyridine rings is 1. The molecule has 0 saturated carbocycles. The SMILES string of the molecule is Cc1ccc(CNC(=O)c2cc3ncccc3o2)cc1. The van der Waals surface area contributed by atoms with Gasteiger partial charge < -0.3 is 9.73 Å². The number of hydrogen-bond acceptors (Lipinski definition) is 3. The van der Waals surface area contributed by atoms with Gasteiger partial charge in [-0.25, -0.2) is 0 Å². The molecular weight excluding hydrogens is 252 g/mol. The van der Waals surface area contributed by atoms with E-state index < -0.39 is 0 Å². The number of furan rings is 1. The van der Waals surface area contributed by atoms with Gasteiger partial charge in [0.2, 0.25) is 0 Å². The first-order chi connectivity index (χ1) is 9.72. The van der Waals surface area contributed by atoms with Crippen molar-refractivity contribution >= 4 is 17.0 Å². The first-order valence-corrected chi connectivity index (χ1v) is 6.41. The van der Waals surface area contributed by atoms with Crippen molar-refractivity contribution in [1.82, 2.24) is 10.3 Å². The molecule has 1 amide bonds. The van der Waals surface area contributed by atoms with Gasteiger partial charge in [0.15, 0.2) is 11.3 Å². The number of fused-ring (bicyclic) bond motifs is 1. The summed E-state index contributed by atoms with van der Waals surface area (Å²) in [7, 11) is 0. The molecule has 0 aliphatic rings. The second-order valence-corrected chi connectivity index (χ2v) is 4.67. The number of amides is 1. The normalized spacial score (nSPS) is 10.7. The third kappa shape index (κ3) is 2.54. The van der Waals surface area contributed by atoms with E-state index in [1.54, 1.807) is 24.4 Å². The number of rotatable bonds is 3. The summed E-state index contributed by atoms with van der Waals surface area (Å²) in [6.45, 7) is 2.51. The molecule has 3 aromatic rings. The third-order valence-electron chi connectivity index (χ3n) is 3.08. The summed E-state index contributed by atoms with van der Waals surface area (Å²) >= 11 is 0. The van der Waals surface area contributed by atoms with Crippen LogP contribution in [0.4, 0.5) is 0 Å². The largest absolute Gasteiger partial charge is 0.449 e. The number of nitrogens with one attached hydrogen (secondary N) is 1. The summed E-state index contributed by atoms with van der Waals surface area (Å²) in [5.74, 6) is 0.0504. The lowest BCUT2D eigenvalue weighted by Gasteiger charge is -2.03. The van der Waals surface area contributed by atoms with Crippen LogP contribution in [0.3, 0.4) is 0 Å². The highest BCUT2D eigenvalue weighted by Crippen LogP contribution is 2.16. The summed E-state index contributed by atoms with van der Waals surface area (Å²) in [6, 6.07) is 13.3. The van der Waals surface area contributed by atoms with E-state index in [1.807, 2.05) is 31.2 Å². The van der Waals surface area contributed by atoms with Crippen molar-refractivity contribution < 1.29 is 9.21 Å². The van der Waals surface area contributed by atoms with E-state index in [2.05, 4.69) is 10.3 Å². The van der Waals surface area contributed by atoms with Crippen LogP contribution in [0.25, 0.3) is 11.1 Å². The van der Waals surface area contributed by atoms with Gasteiger partial charge in [-0.2, -0.15) is 0 Å². The van der Waals surface area contributed by atoms with Crippen LogP contribution in [-0.2, 0) is 6.54 Å². The van der Waals surface area contributed by atoms with Crippen molar-refractivity contribution in [3.05, 3.63) is 65.5 Å². The number of hydrogen-bond donors (Lipinski definition) is 1. The van der Waals surface area contributed by atoms with E-state index in [0.29, 0.717) is 17.6 Å². The molecule has 0 aliphatic carbocycles. The highest BCUT2D eigenvalue weighted by molar-refractivity contribution is 5.95. The fourth-order valence-electron chi connectivity index (χ4n) is 1.96. The highest BCUT2D eigenvalue weighted by atomic mass is 16.3. The molecule has 1 aromatic carbocycles. The van der Waals surface area contributed by atoms with Gasteiger partial charge in [-0.3, -0.25) is 9.78 Å². The molecule has 0 spiro atoms. The Labute approximate surface area is 116 Å². The molecule has 0 fully saturated rings. The van der Waals surface area contributed by atoms with E-state index in [-0.39, 0.29) is 11.7 Å². The molecule has 100 valence electrons. The second-order valence-electron chi connectivity index (χ2n) is 4.67. The molecule has 20 heavy (non-hydrogen) atoms. The Morgan fingerprint density at radius 3 is 2.80 bits per heavy atom. The zero-order chi connectivity index (χ0) is 13.9. The van der Waals surface area contributed by atoms with E-state index in [4.69, 9.17) is 4.42 Å². The number of benzene rings is 1. The van der Waals surface area contributed by atoms with Crippen LogP contribution < -0.4 is 5.32 Å². The standard InChI is InChI=1S/C16H14N2O2/c1-11-4-6-12(7-5-11)10-18-16(19)15-9-13-14(20-15)3-2-8-17-13/h2-9H,10H2,1H3,(H,18,19). The molecule has 0 bridgehead atoms. The molecule has 1 N–H and O–H groups in total. The van der Waals surface area contributed by atoms with E-state index >= 15 is 0 Å². The third-order valence-corrected chi connectivity index (χ3v) is 3.08. The van der Waals surface area contributed by atoms with E-state index in [0.717, 1.165) is 5.56 Å². The average molecular weight is 266 g/mol. The van der Waals surface area contributed by atoms with Crippen LogP contribution in [-0.4, -0.2) is 10.9 Å². The van der Waals surface area contributed by atoms with Gasteiger partial charge in [0.05, 0.1) is 0 Å². The van der Waals surface area contributed by atoms with Crippen LogP contribution >= 0.6 is 0 Å². The zero-order valence-corrected chi connectivity index (χ0v) is 11.1. The topological polar surface area (TPSA) is 55.1 Å². The lowest BCUT2D eigenvalue weighted by Crippen LogP contribution is -2.22. The fourth-order valence-corrected chi connectivity index (χ4v) is 1.96. The molecule has 0 atom stereocenters. The summed E-state index contributed by atoms with van der Waals surface area (Å²) in [4.78, 5) is 16.2. The summed E-state index contributed by atoms with van der Waals surface area (Å²) < 4.78 is 5.46. The Morgan fingerprint density at radius 2 is 2.05 bits per heavy atom. The molecular formula is C16H14N2O2. The maximum absolute atomic E-state index is 12.0. The fraction of sp³-hybridized carbons (Fsp3) is 0.125. The van der Waals surface area contributed by atoms with Crippen molar-refractivity contribution in [3.8, 4) is 0 Å². The van der Waals surface area contributed by atoms with Crippen molar-refractivity contribution in [2.24, 2.45) is 0 Å². The van der Waals surface area contributed by atoms with Crippen LogP contribution in [0.1, 0.15) is 21.7 Å². The molecule has 0 radical (unpaired) electrons. The molecule has 0 aliphatic heterocycles. The molecule has 3 rings (SSSR count). The van der Waals surface area contributed by atoms with Crippen molar-refractivity contribution in [3.63, 3.8) is 0 Å². The predicted molar refractivity (Wildman–Crippen MR) is 76.4 cm³/mol. The van der Waals surface area contributed by atoms with Crippen LogP contribution in [0.15, 0.2) is 53.1 Å². The Kier molecular flexibility index (Phi) is 3.21. The summed E-state index contributed by atoms with van der Waals surface area (Å²) in [6.07, 6.45) is 1.67. The van der Waals surface area contributed by atoms with Crippen molar-refractivity contribution in [1.29, 1.82) is 0 Å².